The van der Waals surface area contributed by atoms with Gasteiger partial charge in [-0.3, -0.25) is 4.79 Å². The monoisotopic (exact) mass is 545 g/mol. The van der Waals surface area contributed by atoms with Gasteiger partial charge in [-0.05, 0) is 48.9 Å². The van der Waals surface area contributed by atoms with Crippen LogP contribution < -0.4 is 15.8 Å². The van der Waals surface area contributed by atoms with E-state index >= 15 is 0 Å². The van der Waals surface area contributed by atoms with E-state index < -0.39 is 0 Å². The molecule has 6 rings (SSSR count). The van der Waals surface area contributed by atoms with Gasteiger partial charge in [-0.1, -0.05) is 35.7 Å². The average molecular weight is 546 g/mol. The highest BCUT2D eigenvalue weighted by Gasteiger charge is 2.28. The minimum absolute atomic E-state index is 0.0896. The number of aliphatic hydroxyl groups excluding tert-OH is 1. The molecule has 0 radical (unpaired) electrons. The molecule has 8 nitrogen and oxygen atoms in total. The van der Waals surface area contributed by atoms with Crippen LogP contribution in [0.2, 0.25) is 0 Å². The topological polar surface area (TPSA) is 103 Å². The Kier molecular flexibility index (Phi) is 7.12. The summed E-state index contributed by atoms with van der Waals surface area (Å²) in [6, 6.07) is 17.7. The molecule has 2 aliphatic heterocycles. The molecule has 0 spiro atoms. The first-order valence-electron chi connectivity index (χ1n) is 12.4. The lowest BCUT2D eigenvalue weighted by Crippen LogP contribution is -2.39. The third kappa shape index (κ3) is 5.17. The van der Waals surface area contributed by atoms with Crippen LogP contribution in [0.4, 0.5) is 11.4 Å². The quantitative estimate of drug-likeness (QED) is 0.277. The number of aromatic amines is 1. The van der Waals surface area contributed by atoms with Crippen LogP contribution in [0.1, 0.15) is 29.2 Å². The van der Waals surface area contributed by atoms with Crippen molar-refractivity contribution in [2.45, 2.75) is 38.7 Å². The normalized spacial score (nSPS) is 17.4. The fraction of sp³-hybridized carbons (Fsp3) is 0.250. The van der Waals surface area contributed by atoms with Gasteiger partial charge in [0.15, 0.2) is 5.82 Å². The number of anilines is 2. The largest absolute Gasteiger partial charge is 0.394 e. The first-order chi connectivity index (χ1) is 18.6. The molecule has 0 bridgehead atoms. The van der Waals surface area contributed by atoms with E-state index in [4.69, 9.17) is 4.74 Å². The summed E-state index contributed by atoms with van der Waals surface area (Å²) in [6.07, 6.45) is 3.31. The molecule has 3 N–H and O–H groups in total. The van der Waals surface area contributed by atoms with E-state index in [1.54, 1.807) is 42.0 Å². The van der Waals surface area contributed by atoms with Gasteiger partial charge in [0.05, 0.1) is 13.2 Å². The molecule has 2 aromatic carbocycles. The Balaban J connectivity index is 1.22. The van der Waals surface area contributed by atoms with Crippen LogP contribution in [0.25, 0.3) is 0 Å². The summed E-state index contributed by atoms with van der Waals surface area (Å²) in [4.78, 5) is 30.3. The van der Waals surface area contributed by atoms with E-state index in [1.807, 2.05) is 25.1 Å². The van der Waals surface area contributed by atoms with Gasteiger partial charge in [0, 0.05) is 68.2 Å². The smallest absolute Gasteiger partial charge is 0.249 e. The molecule has 1 saturated heterocycles. The zero-order valence-electron chi connectivity index (χ0n) is 20.8. The molecule has 2 aliphatic rings. The van der Waals surface area contributed by atoms with Gasteiger partial charge in [0.1, 0.15) is 12.1 Å². The molecule has 194 valence electrons. The molecule has 2 atom stereocenters. The summed E-state index contributed by atoms with van der Waals surface area (Å²) in [5, 5.41) is 13.4. The maximum atomic E-state index is 11.8. The minimum Gasteiger partial charge on any atom is -0.394 e. The van der Waals surface area contributed by atoms with Gasteiger partial charge < -0.3 is 25.0 Å². The summed E-state index contributed by atoms with van der Waals surface area (Å²) >= 11 is 3.50. The molecule has 38 heavy (non-hydrogen) atoms. The predicted octanol–water partition coefficient (Wildman–Crippen LogP) is 4.81. The summed E-state index contributed by atoms with van der Waals surface area (Å²) in [5.74, 6) is 0.573. The number of aryl methyl sites for hydroxylation is 1. The number of benzene rings is 2. The molecular weight excluding hydrogens is 518 g/mol. The lowest BCUT2D eigenvalue weighted by atomic mass is 10.1. The number of rotatable bonds is 6. The van der Waals surface area contributed by atoms with Gasteiger partial charge in [0.25, 0.3) is 0 Å². The number of ether oxygens (including phenoxy) is 1. The van der Waals surface area contributed by atoms with Crippen LogP contribution in [0.15, 0.2) is 91.4 Å². The fourth-order valence-electron chi connectivity index (χ4n) is 4.70. The summed E-state index contributed by atoms with van der Waals surface area (Å²) in [7, 11) is 0. The van der Waals surface area contributed by atoms with Crippen molar-refractivity contribution in [2.75, 3.05) is 36.5 Å². The summed E-state index contributed by atoms with van der Waals surface area (Å²) in [5.41, 5.74) is 3.75. The average Bonchev–Trinajstić information content (AvgIpc) is 2.94. The molecule has 1 fully saturated rings. The molecule has 0 saturated carbocycles. The number of H-pyrrole nitrogens is 1. The number of hydrogen-bond donors (Lipinski definition) is 3. The maximum Gasteiger partial charge on any atom is 0.249 e. The van der Waals surface area contributed by atoms with Crippen molar-refractivity contribution in [2.24, 2.45) is 0 Å². The second kappa shape index (κ2) is 10.8. The second-order valence-electron chi connectivity index (χ2n) is 9.19. The van der Waals surface area contributed by atoms with Crippen LogP contribution in [0, 0.1) is 6.92 Å². The van der Waals surface area contributed by atoms with Crippen LogP contribution in [-0.4, -0.2) is 46.4 Å². The first kappa shape index (κ1) is 25.0. The molecule has 4 aromatic rings. The maximum absolute atomic E-state index is 11.8. The van der Waals surface area contributed by atoms with Gasteiger partial charge in [-0.25, -0.2) is 9.97 Å². The van der Waals surface area contributed by atoms with E-state index in [2.05, 4.69) is 55.5 Å². The summed E-state index contributed by atoms with van der Waals surface area (Å²) in [6.45, 7) is 3.84. The fourth-order valence-corrected chi connectivity index (χ4v) is 7.15. The Bertz CT molecular complexity index is 1530. The van der Waals surface area contributed by atoms with Crippen molar-refractivity contribution >= 4 is 34.9 Å². The lowest BCUT2D eigenvalue weighted by Gasteiger charge is -2.36. The van der Waals surface area contributed by atoms with Crippen molar-refractivity contribution in [1.82, 2.24) is 15.0 Å². The highest BCUT2D eigenvalue weighted by Crippen LogP contribution is 2.52. The van der Waals surface area contributed by atoms with E-state index in [9.17, 15) is 9.90 Å². The number of fused-ring (bicyclic) bond motifs is 2. The zero-order valence-corrected chi connectivity index (χ0v) is 22.4. The molecule has 2 unspecified atom stereocenters. The molecule has 4 heterocycles. The van der Waals surface area contributed by atoms with Gasteiger partial charge >= 0.3 is 0 Å². The number of morpholine rings is 1. The molecule has 0 aliphatic carbocycles. The Morgan fingerprint density at radius 1 is 1.16 bits per heavy atom. The van der Waals surface area contributed by atoms with Gasteiger partial charge in [-0.2, -0.15) is 0 Å². The summed E-state index contributed by atoms with van der Waals surface area (Å²) < 4.78 is 6.23. The van der Waals surface area contributed by atoms with Gasteiger partial charge in [0.2, 0.25) is 5.56 Å². The first-order valence-corrected chi connectivity index (χ1v) is 14.1. The Hall–Kier alpha value is -3.31. The highest BCUT2D eigenvalue weighted by atomic mass is 32.2. The van der Waals surface area contributed by atoms with Crippen molar-refractivity contribution in [1.29, 1.82) is 0 Å². The van der Waals surface area contributed by atoms with E-state index in [-0.39, 0.29) is 24.3 Å². The van der Waals surface area contributed by atoms with Gasteiger partial charge in [-0.15, -0.1) is 0 Å². The number of hydrogen-bond acceptors (Lipinski definition) is 9. The number of aliphatic hydroxyl groups is 1. The van der Waals surface area contributed by atoms with Crippen LogP contribution in [-0.2, 0) is 4.74 Å². The highest BCUT2D eigenvalue weighted by molar-refractivity contribution is 8.05. The minimum atomic E-state index is -0.389. The third-order valence-electron chi connectivity index (χ3n) is 6.57. The Labute approximate surface area is 228 Å². The standard InChI is InChI=1S/C28H27N5O3S2/c1-17-7-9-30-28(31-17)21(16-34)32-18-5-6-23-25(13-18)37-24-4-2-3-20(27(24)38-23)22-15-33(11-12-36-22)19-8-10-29-26(35)14-19/h2-10,13-14,21-22,32,34H,11-12,15-16H2,1H3,(H,29,35). The van der Waals surface area contributed by atoms with Crippen molar-refractivity contribution in [3.63, 3.8) is 0 Å². The third-order valence-corrected chi connectivity index (χ3v) is 9.18. The van der Waals surface area contributed by atoms with Crippen LogP contribution in [0.3, 0.4) is 0 Å². The van der Waals surface area contributed by atoms with Crippen LogP contribution >= 0.6 is 23.5 Å². The molecule has 0 amide bonds. The number of pyridine rings is 1. The number of aromatic nitrogens is 3. The molecule has 2 aromatic heterocycles. The van der Waals surface area contributed by atoms with E-state index in [1.165, 1.54) is 20.2 Å². The Morgan fingerprint density at radius 2 is 2.08 bits per heavy atom. The lowest BCUT2D eigenvalue weighted by molar-refractivity contribution is 0.0379. The van der Waals surface area contributed by atoms with E-state index in [0.29, 0.717) is 19.0 Å². The number of nitrogens with zero attached hydrogens (tertiary/aromatic N) is 3. The van der Waals surface area contributed by atoms with Crippen LogP contribution in [0.5, 0.6) is 0 Å². The Morgan fingerprint density at radius 3 is 2.92 bits per heavy atom. The van der Waals surface area contributed by atoms with Crippen molar-refractivity contribution in [3.05, 3.63) is 94.4 Å². The predicted molar refractivity (Wildman–Crippen MR) is 149 cm³/mol. The van der Waals surface area contributed by atoms with Crippen molar-refractivity contribution < 1.29 is 9.84 Å². The zero-order chi connectivity index (χ0) is 26.1. The number of nitrogens with one attached hydrogen (secondary N) is 2. The molecular formula is C28H27N5O3S2. The SMILES string of the molecule is Cc1ccnc(C(CO)Nc2ccc3c(c2)Sc2cccc(C4CN(c5cc[nH]c(=O)c5)CCO4)c2S3)n1. The molecule has 10 heteroatoms. The van der Waals surface area contributed by atoms with Crippen molar-refractivity contribution in [3.8, 4) is 0 Å². The van der Waals surface area contributed by atoms with E-state index in [0.717, 1.165) is 28.5 Å². The second-order valence-corrected chi connectivity index (χ2v) is 11.3.